The average molecular weight is 178 g/mol. The SMILES string of the molecule is CCCC(C(N)=O)c1ccccn1. The Balaban J connectivity index is 2.82. The van der Waals surface area contributed by atoms with E-state index in [-0.39, 0.29) is 11.8 Å². The standard InChI is InChI=1S/C10H14N2O/c1-2-5-8(10(11)13)9-6-3-4-7-12-9/h3-4,6-8H,2,5H2,1H3,(H2,11,13). The summed E-state index contributed by atoms with van der Waals surface area (Å²) in [6, 6.07) is 5.53. The molecule has 1 amide bonds. The number of carbonyl (C=O) groups is 1. The van der Waals surface area contributed by atoms with Gasteiger partial charge in [-0.05, 0) is 18.6 Å². The zero-order valence-corrected chi connectivity index (χ0v) is 7.73. The Kier molecular flexibility index (Phi) is 3.43. The van der Waals surface area contributed by atoms with Crippen LogP contribution >= 0.6 is 0 Å². The molecule has 1 rings (SSSR count). The number of aromatic nitrogens is 1. The summed E-state index contributed by atoms with van der Waals surface area (Å²) < 4.78 is 0. The van der Waals surface area contributed by atoms with Crippen molar-refractivity contribution in [2.45, 2.75) is 25.7 Å². The molecule has 2 N–H and O–H groups in total. The van der Waals surface area contributed by atoms with E-state index in [1.165, 1.54) is 0 Å². The summed E-state index contributed by atoms with van der Waals surface area (Å²) in [4.78, 5) is 15.2. The highest BCUT2D eigenvalue weighted by molar-refractivity contribution is 5.81. The Morgan fingerprint density at radius 1 is 1.62 bits per heavy atom. The number of amides is 1. The van der Waals surface area contributed by atoms with Crippen LogP contribution in [0.5, 0.6) is 0 Å². The minimum absolute atomic E-state index is 0.230. The Morgan fingerprint density at radius 2 is 2.38 bits per heavy atom. The largest absolute Gasteiger partial charge is 0.369 e. The molecule has 1 aromatic rings. The monoisotopic (exact) mass is 178 g/mol. The van der Waals surface area contributed by atoms with Crippen LogP contribution in [0.1, 0.15) is 31.4 Å². The molecule has 1 heterocycles. The van der Waals surface area contributed by atoms with Crippen molar-refractivity contribution in [2.24, 2.45) is 5.73 Å². The van der Waals surface area contributed by atoms with E-state index < -0.39 is 0 Å². The van der Waals surface area contributed by atoms with Crippen molar-refractivity contribution in [3.63, 3.8) is 0 Å². The third kappa shape index (κ3) is 2.54. The van der Waals surface area contributed by atoms with Crippen molar-refractivity contribution in [2.75, 3.05) is 0 Å². The highest BCUT2D eigenvalue weighted by Crippen LogP contribution is 2.17. The molecule has 0 aromatic carbocycles. The molecule has 13 heavy (non-hydrogen) atoms. The summed E-state index contributed by atoms with van der Waals surface area (Å²) in [5, 5.41) is 0. The zero-order chi connectivity index (χ0) is 9.68. The molecule has 0 bridgehead atoms. The lowest BCUT2D eigenvalue weighted by molar-refractivity contribution is -0.119. The highest BCUT2D eigenvalue weighted by atomic mass is 16.1. The van der Waals surface area contributed by atoms with Crippen LogP contribution in [0, 0.1) is 0 Å². The van der Waals surface area contributed by atoms with Crippen molar-refractivity contribution in [1.29, 1.82) is 0 Å². The van der Waals surface area contributed by atoms with Crippen LogP contribution in [0.15, 0.2) is 24.4 Å². The maximum atomic E-state index is 11.1. The van der Waals surface area contributed by atoms with E-state index in [1.807, 2.05) is 25.1 Å². The van der Waals surface area contributed by atoms with Gasteiger partial charge in [-0.2, -0.15) is 0 Å². The molecule has 0 aliphatic heterocycles. The number of hydrogen-bond acceptors (Lipinski definition) is 2. The highest BCUT2D eigenvalue weighted by Gasteiger charge is 2.17. The maximum Gasteiger partial charge on any atom is 0.226 e. The van der Waals surface area contributed by atoms with Gasteiger partial charge in [-0.3, -0.25) is 9.78 Å². The Hall–Kier alpha value is -1.38. The summed E-state index contributed by atoms with van der Waals surface area (Å²) in [5.41, 5.74) is 6.05. The van der Waals surface area contributed by atoms with Gasteiger partial charge in [0.1, 0.15) is 0 Å². The van der Waals surface area contributed by atoms with Gasteiger partial charge in [0.15, 0.2) is 0 Å². The predicted molar refractivity (Wildman–Crippen MR) is 51.1 cm³/mol. The molecule has 70 valence electrons. The van der Waals surface area contributed by atoms with Crippen molar-refractivity contribution in [3.05, 3.63) is 30.1 Å². The van der Waals surface area contributed by atoms with E-state index in [0.29, 0.717) is 0 Å². The number of nitrogens with zero attached hydrogens (tertiary/aromatic N) is 1. The minimum atomic E-state index is -0.291. The molecule has 0 saturated carbocycles. The number of nitrogens with two attached hydrogens (primary N) is 1. The van der Waals surface area contributed by atoms with Crippen molar-refractivity contribution < 1.29 is 4.79 Å². The van der Waals surface area contributed by atoms with Gasteiger partial charge in [-0.15, -0.1) is 0 Å². The molecule has 0 fully saturated rings. The molecule has 3 nitrogen and oxygen atoms in total. The van der Waals surface area contributed by atoms with Gasteiger partial charge in [-0.25, -0.2) is 0 Å². The van der Waals surface area contributed by atoms with E-state index in [1.54, 1.807) is 6.20 Å². The van der Waals surface area contributed by atoms with Crippen LogP contribution in [0.4, 0.5) is 0 Å². The van der Waals surface area contributed by atoms with Gasteiger partial charge in [0.05, 0.1) is 11.6 Å². The second kappa shape index (κ2) is 4.60. The van der Waals surface area contributed by atoms with Crippen molar-refractivity contribution >= 4 is 5.91 Å². The number of carbonyl (C=O) groups excluding carboxylic acids is 1. The fourth-order valence-corrected chi connectivity index (χ4v) is 1.31. The summed E-state index contributed by atoms with van der Waals surface area (Å²) in [5.74, 6) is -0.522. The third-order valence-electron chi connectivity index (χ3n) is 1.97. The van der Waals surface area contributed by atoms with E-state index in [0.717, 1.165) is 18.5 Å². The molecular weight excluding hydrogens is 164 g/mol. The third-order valence-corrected chi connectivity index (χ3v) is 1.97. The van der Waals surface area contributed by atoms with Gasteiger partial charge in [0, 0.05) is 6.20 Å². The number of hydrogen-bond donors (Lipinski definition) is 1. The van der Waals surface area contributed by atoms with Gasteiger partial charge >= 0.3 is 0 Å². The fourth-order valence-electron chi connectivity index (χ4n) is 1.31. The predicted octanol–water partition coefficient (Wildman–Crippen LogP) is 1.45. The molecule has 3 heteroatoms. The lowest BCUT2D eigenvalue weighted by Gasteiger charge is -2.10. The van der Waals surface area contributed by atoms with Gasteiger partial charge in [-0.1, -0.05) is 19.4 Å². The van der Waals surface area contributed by atoms with Crippen LogP contribution in [-0.2, 0) is 4.79 Å². The lowest BCUT2D eigenvalue weighted by atomic mass is 9.99. The van der Waals surface area contributed by atoms with Crippen LogP contribution in [0.25, 0.3) is 0 Å². The van der Waals surface area contributed by atoms with Crippen LogP contribution in [0.3, 0.4) is 0 Å². The van der Waals surface area contributed by atoms with E-state index in [9.17, 15) is 4.79 Å². The summed E-state index contributed by atoms with van der Waals surface area (Å²) in [6.45, 7) is 2.03. The second-order valence-electron chi connectivity index (χ2n) is 3.00. The average Bonchev–Trinajstić information content (AvgIpc) is 2.15. The first-order valence-electron chi connectivity index (χ1n) is 4.46. The topological polar surface area (TPSA) is 56.0 Å². The maximum absolute atomic E-state index is 11.1. The molecule has 1 aromatic heterocycles. The quantitative estimate of drug-likeness (QED) is 0.758. The van der Waals surface area contributed by atoms with E-state index in [4.69, 9.17) is 5.73 Å². The molecule has 0 saturated heterocycles. The van der Waals surface area contributed by atoms with Crippen LogP contribution in [-0.4, -0.2) is 10.9 Å². The van der Waals surface area contributed by atoms with E-state index in [2.05, 4.69) is 4.98 Å². The lowest BCUT2D eigenvalue weighted by Crippen LogP contribution is -2.22. The zero-order valence-electron chi connectivity index (χ0n) is 7.73. The molecule has 0 aliphatic carbocycles. The van der Waals surface area contributed by atoms with Gasteiger partial charge < -0.3 is 5.73 Å². The Bertz CT molecular complexity index is 272. The molecule has 0 aliphatic rings. The van der Waals surface area contributed by atoms with E-state index >= 15 is 0 Å². The van der Waals surface area contributed by atoms with Crippen LogP contribution < -0.4 is 5.73 Å². The molecule has 1 unspecified atom stereocenters. The van der Waals surface area contributed by atoms with Gasteiger partial charge in [0.2, 0.25) is 5.91 Å². The molecule has 0 spiro atoms. The Labute approximate surface area is 78.0 Å². The normalized spacial score (nSPS) is 12.4. The first-order chi connectivity index (χ1) is 6.25. The van der Waals surface area contributed by atoms with Crippen LogP contribution in [0.2, 0.25) is 0 Å². The molecule has 0 radical (unpaired) electrons. The first-order valence-corrected chi connectivity index (χ1v) is 4.46. The number of rotatable bonds is 4. The van der Waals surface area contributed by atoms with Crippen molar-refractivity contribution in [3.8, 4) is 0 Å². The number of pyridine rings is 1. The van der Waals surface area contributed by atoms with Gasteiger partial charge in [0.25, 0.3) is 0 Å². The van der Waals surface area contributed by atoms with Crippen molar-refractivity contribution in [1.82, 2.24) is 4.98 Å². The first kappa shape index (κ1) is 9.71. The summed E-state index contributed by atoms with van der Waals surface area (Å²) >= 11 is 0. The fraction of sp³-hybridized carbons (Fsp3) is 0.400. The smallest absolute Gasteiger partial charge is 0.226 e. The summed E-state index contributed by atoms with van der Waals surface area (Å²) in [6.07, 6.45) is 3.39. The molecule has 1 atom stereocenters. The molecular formula is C10H14N2O. The summed E-state index contributed by atoms with van der Waals surface area (Å²) in [7, 11) is 0. The second-order valence-corrected chi connectivity index (χ2v) is 3.00. The Morgan fingerprint density at radius 3 is 2.85 bits per heavy atom. The minimum Gasteiger partial charge on any atom is -0.369 e. The number of primary amides is 1.